The van der Waals surface area contributed by atoms with Crippen LogP contribution in [0.3, 0.4) is 0 Å². The highest BCUT2D eigenvalue weighted by Crippen LogP contribution is 2.34. The summed E-state index contributed by atoms with van der Waals surface area (Å²) in [5.41, 5.74) is 6.26. The zero-order valence-corrected chi connectivity index (χ0v) is 16.3. The third-order valence-corrected chi connectivity index (χ3v) is 4.87. The summed E-state index contributed by atoms with van der Waals surface area (Å²) in [5, 5.41) is 37.7. The second-order valence-corrected chi connectivity index (χ2v) is 7.20. The van der Waals surface area contributed by atoms with E-state index in [0.717, 1.165) is 0 Å². The Bertz CT molecular complexity index is 943. The molecule has 6 N–H and O–H groups in total. The number of ether oxygens (including phenoxy) is 1. The lowest BCUT2D eigenvalue weighted by Crippen LogP contribution is -2.58. The Kier molecular flexibility index (Phi) is 6.29. The number of nitrogens with two attached hydrogens (primary N) is 1. The number of aromatic carboxylic acids is 1. The molecular formula is C18H23BN4O7. The Morgan fingerprint density at radius 3 is 2.63 bits per heavy atom. The van der Waals surface area contributed by atoms with E-state index in [9.17, 15) is 19.8 Å². The first kappa shape index (κ1) is 21.6. The van der Waals surface area contributed by atoms with Gasteiger partial charge in [-0.05, 0) is 24.4 Å². The smallest absolute Gasteiger partial charge is 0.451 e. The van der Waals surface area contributed by atoms with E-state index in [-0.39, 0.29) is 43.1 Å². The number of aryl methyl sites for hydroxylation is 2. The van der Waals surface area contributed by atoms with Gasteiger partial charge in [0.15, 0.2) is 0 Å². The molecule has 1 aliphatic heterocycles. The number of nitrogens with zero attached hydrogens (tertiary/aromatic N) is 3. The number of hydrogen-bond acceptors (Lipinski definition) is 8. The van der Waals surface area contributed by atoms with Crippen molar-refractivity contribution in [2.24, 2.45) is 12.8 Å². The maximum atomic E-state index is 12.5. The normalized spacial score (nSPS) is 14.9. The van der Waals surface area contributed by atoms with Crippen LogP contribution in [0.4, 0.5) is 0 Å². The number of hydrogen-bond donors (Lipinski definition) is 5. The van der Waals surface area contributed by atoms with Gasteiger partial charge >= 0.3 is 13.1 Å². The minimum atomic E-state index is -1.57. The number of carboxylic acids is 1. The van der Waals surface area contributed by atoms with Crippen molar-refractivity contribution < 1.29 is 34.6 Å². The molecule has 0 aliphatic carbocycles. The summed E-state index contributed by atoms with van der Waals surface area (Å²) in [7, 11) is 0.206. The van der Waals surface area contributed by atoms with E-state index in [4.69, 9.17) is 20.5 Å². The van der Waals surface area contributed by atoms with Gasteiger partial charge < -0.3 is 40.2 Å². The standard InChI is InChI=1S/C18H23BN4O7/c1-22-8-12(21-9-22)15(20)17(25)23-6-11(7-23)30-13-3-2-10(4-5-19(28)29)16(24)14(13)18(26)27/h2-3,8-9,11,15,24,28-29H,4-7,20H2,1H3,(H,26,27). The molecule has 0 bridgehead atoms. The summed E-state index contributed by atoms with van der Waals surface area (Å²) < 4.78 is 7.37. The second-order valence-electron chi connectivity index (χ2n) is 7.20. The zero-order valence-electron chi connectivity index (χ0n) is 16.3. The maximum Gasteiger partial charge on any atom is 0.451 e. The highest BCUT2D eigenvalue weighted by atomic mass is 16.5. The van der Waals surface area contributed by atoms with E-state index >= 15 is 0 Å². The molecule has 0 spiro atoms. The van der Waals surface area contributed by atoms with Crippen LogP contribution in [0, 0.1) is 0 Å². The summed E-state index contributed by atoms with van der Waals surface area (Å²) in [4.78, 5) is 29.6. The van der Waals surface area contributed by atoms with Gasteiger partial charge in [-0.15, -0.1) is 0 Å². The molecule has 1 aromatic carbocycles. The number of aromatic nitrogens is 2. The molecule has 1 unspecified atom stereocenters. The number of benzene rings is 1. The van der Waals surface area contributed by atoms with Crippen molar-refractivity contribution in [3.05, 3.63) is 41.5 Å². The molecule has 1 fully saturated rings. The van der Waals surface area contributed by atoms with Crippen LogP contribution in [0.1, 0.15) is 27.7 Å². The summed E-state index contributed by atoms with van der Waals surface area (Å²) in [6.07, 6.45) is 2.79. The number of carbonyl (C=O) groups is 2. The number of rotatable bonds is 8. The van der Waals surface area contributed by atoms with Gasteiger partial charge in [-0.3, -0.25) is 4.79 Å². The first-order valence-corrected chi connectivity index (χ1v) is 9.30. The molecule has 1 saturated heterocycles. The molecule has 30 heavy (non-hydrogen) atoms. The quantitative estimate of drug-likeness (QED) is 0.342. The highest BCUT2D eigenvalue weighted by molar-refractivity contribution is 6.41. The van der Waals surface area contributed by atoms with E-state index < -0.39 is 36.5 Å². The molecule has 2 aromatic rings. The van der Waals surface area contributed by atoms with Gasteiger partial charge in [0.2, 0.25) is 5.91 Å². The van der Waals surface area contributed by atoms with Crippen molar-refractivity contribution in [3.63, 3.8) is 0 Å². The molecule has 3 rings (SSSR count). The highest BCUT2D eigenvalue weighted by Gasteiger charge is 2.36. The number of carbonyl (C=O) groups excluding carboxylic acids is 1. The molecule has 1 atom stereocenters. The number of amides is 1. The Morgan fingerprint density at radius 1 is 1.37 bits per heavy atom. The summed E-state index contributed by atoms with van der Waals surface area (Å²) in [6, 6.07) is 1.98. The SMILES string of the molecule is Cn1cnc(C(N)C(=O)N2CC(Oc3ccc(CCB(O)O)c(O)c3C(=O)O)C2)c1. The topological polar surface area (TPSA) is 171 Å². The van der Waals surface area contributed by atoms with E-state index in [0.29, 0.717) is 5.69 Å². The summed E-state index contributed by atoms with van der Waals surface area (Å²) >= 11 is 0. The van der Waals surface area contributed by atoms with Crippen molar-refractivity contribution >= 4 is 19.0 Å². The van der Waals surface area contributed by atoms with Crippen LogP contribution in [-0.4, -0.2) is 72.9 Å². The van der Waals surface area contributed by atoms with Gasteiger partial charge in [0.1, 0.15) is 29.2 Å². The van der Waals surface area contributed by atoms with E-state index in [1.165, 1.54) is 17.0 Å². The first-order valence-electron chi connectivity index (χ1n) is 9.30. The lowest BCUT2D eigenvalue weighted by molar-refractivity contribution is -0.141. The molecule has 1 amide bonds. The zero-order chi connectivity index (χ0) is 22.0. The van der Waals surface area contributed by atoms with Gasteiger partial charge in [0.05, 0.1) is 25.1 Å². The summed E-state index contributed by atoms with van der Waals surface area (Å²) in [5.74, 6) is -2.20. The molecule has 0 saturated carbocycles. The molecule has 2 heterocycles. The van der Waals surface area contributed by atoms with Crippen LogP contribution in [0.15, 0.2) is 24.7 Å². The minimum Gasteiger partial charge on any atom is -0.507 e. The number of likely N-dealkylation sites (tertiary alicyclic amines) is 1. The van der Waals surface area contributed by atoms with Crippen molar-refractivity contribution in [2.75, 3.05) is 13.1 Å². The number of phenols is 1. The van der Waals surface area contributed by atoms with Gasteiger partial charge in [-0.25, -0.2) is 9.78 Å². The fourth-order valence-electron chi connectivity index (χ4n) is 3.20. The monoisotopic (exact) mass is 418 g/mol. The van der Waals surface area contributed by atoms with Crippen LogP contribution in [0.25, 0.3) is 0 Å². The van der Waals surface area contributed by atoms with E-state index in [1.54, 1.807) is 24.1 Å². The van der Waals surface area contributed by atoms with Crippen molar-refractivity contribution in [1.29, 1.82) is 0 Å². The molecule has 1 aromatic heterocycles. The summed E-state index contributed by atoms with van der Waals surface area (Å²) in [6.45, 7) is 0.440. The van der Waals surface area contributed by atoms with Gasteiger partial charge in [0.25, 0.3) is 0 Å². The van der Waals surface area contributed by atoms with E-state index in [2.05, 4.69) is 4.98 Å². The molecule has 11 nitrogen and oxygen atoms in total. The Morgan fingerprint density at radius 2 is 2.07 bits per heavy atom. The fourth-order valence-corrected chi connectivity index (χ4v) is 3.20. The van der Waals surface area contributed by atoms with Crippen molar-refractivity contribution in [1.82, 2.24) is 14.5 Å². The third-order valence-electron chi connectivity index (χ3n) is 4.87. The van der Waals surface area contributed by atoms with Crippen LogP contribution in [-0.2, 0) is 18.3 Å². The lowest BCUT2D eigenvalue weighted by atomic mass is 9.82. The predicted molar refractivity (Wildman–Crippen MR) is 105 cm³/mol. The van der Waals surface area contributed by atoms with Gasteiger partial charge in [-0.1, -0.05) is 6.07 Å². The second kappa shape index (κ2) is 8.73. The average Bonchev–Trinajstić information content (AvgIpc) is 3.08. The van der Waals surface area contributed by atoms with Crippen molar-refractivity contribution in [2.45, 2.75) is 24.9 Å². The molecule has 0 radical (unpaired) electrons. The van der Waals surface area contributed by atoms with Crippen molar-refractivity contribution in [3.8, 4) is 11.5 Å². The minimum absolute atomic E-state index is 0.0283. The average molecular weight is 418 g/mol. The van der Waals surface area contributed by atoms with Gasteiger partial charge in [0, 0.05) is 13.2 Å². The van der Waals surface area contributed by atoms with Gasteiger partial charge in [-0.2, -0.15) is 0 Å². The Labute approximate surface area is 172 Å². The predicted octanol–water partition coefficient (Wildman–Crippen LogP) is -0.871. The fraction of sp³-hybridized carbons (Fsp3) is 0.389. The molecule has 160 valence electrons. The molecular weight excluding hydrogens is 395 g/mol. The van der Waals surface area contributed by atoms with Crippen LogP contribution < -0.4 is 10.5 Å². The lowest BCUT2D eigenvalue weighted by Gasteiger charge is -2.40. The molecule has 12 heteroatoms. The largest absolute Gasteiger partial charge is 0.507 e. The van der Waals surface area contributed by atoms with E-state index in [1.807, 2.05) is 0 Å². The molecule has 1 aliphatic rings. The number of aromatic hydroxyl groups is 1. The maximum absolute atomic E-state index is 12.5. The number of carboxylic acid groups (broad SMARTS) is 1. The first-order chi connectivity index (χ1) is 14.2. The Balaban J connectivity index is 1.64. The Hall–Kier alpha value is -3.09. The van der Waals surface area contributed by atoms with Crippen LogP contribution in [0.2, 0.25) is 6.32 Å². The van der Waals surface area contributed by atoms with Crippen LogP contribution in [0.5, 0.6) is 11.5 Å². The third kappa shape index (κ3) is 4.56. The van der Waals surface area contributed by atoms with Crippen LogP contribution >= 0.6 is 0 Å². The number of imidazole rings is 1.